The summed E-state index contributed by atoms with van der Waals surface area (Å²) in [7, 11) is 0. The maximum atomic E-state index is 12.5. The first-order valence-corrected chi connectivity index (χ1v) is 7.01. The molecule has 0 radical (unpaired) electrons. The summed E-state index contributed by atoms with van der Waals surface area (Å²) in [5.41, 5.74) is 0.531. The van der Waals surface area contributed by atoms with Gasteiger partial charge in [0.15, 0.2) is 0 Å². The van der Waals surface area contributed by atoms with E-state index in [-0.39, 0.29) is 11.3 Å². The summed E-state index contributed by atoms with van der Waals surface area (Å²) in [5, 5.41) is 11.1. The van der Waals surface area contributed by atoms with Crippen LogP contribution in [0.1, 0.15) is 21.5 Å². The van der Waals surface area contributed by atoms with Crippen LogP contribution in [0.4, 0.5) is 0 Å². The van der Waals surface area contributed by atoms with Crippen LogP contribution in [-0.4, -0.2) is 15.9 Å². The van der Waals surface area contributed by atoms with Crippen LogP contribution >= 0.6 is 11.6 Å². The fourth-order valence-electron chi connectivity index (χ4n) is 2.42. The van der Waals surface area contributed by atoms with Gasteiger partial charge in [0.2, 0.25) is 5.78 Å². The number of carbonyl (C=O) groups is 1. The highest BCUT2D eigenvalue weighted by molar-refractivity contribution is 6.35. The molecule has 0 saturated heterocycles. The average molecular weight is 314 g/mol. The topological polar surface area (TPSA) is 70.2 Å². The first kappa shape index (κ1) is 14.4. The van der Waals surface area contributed by atoms with E-state index < -0.39 is 11.3 Å². The van der Waals surface area contributed by atoms with Crippen LogP contribution in [0.5, 0.6) is 5.75 Å². The zero-order chi connectivity index (χ0) is 15.9. The predicted octanol–water partition coefficient (Wildman–Crippen LogP) is 3.43. The van der Waals surface area contributed by atoms with E-state index in [1.54, 1.807) is 42.5 Å². The standard InChI is InChI=1S/C17H12ClNO3/c1-9-7-11-14(12(18)8-9)19-17(22)13(16(11)21)15(20)10-5-3-2-4-6-10/h2-8H,1H3,(H2,19,21,22). The molecule has 0 amide bonds. The van der Waals surface area contributed by atoms with Gasteiger partial charge in [-0.2, -0.15) is 0 Å². The molecule has 3 rings (SSSR count). The van der Waals surface area contributed by atoms with Gasteiger partial charge in [-0.3, -0.25) is 9.59 Å². The first-order valence-electron chi connectivity index (χ1n) is 6.64. The van der Waals surface area contributed by atoms with Gasteiger partial charge < -0.3 is 10.1 Å². The fraction of sp³-hybridized carbons (Fsp3) is 0.0588. The normalized spacial score (nSPS) is 10.8. The van der Waals surface area contributed by atoms with Crippen LogP contribution in [0.3, 0.4) is 0 Å². The summed E-state index contributed by atoms with van der Waals surface area (Å²) >= 11 is 6.09. The molecule has 4 nitrogen and oxygen atoms in total. The van der Waals surface area contributed by atoms with Gasteiger partial charge in [-0.05, 0) is 24.6 Å². The van der Waals surface area contributed by atoms with Crippen LogP contribution in [0.15, 0.2) is 47.3 Å². The number of carbonyl (C=O) groups excluding carboxylic acids is 1. The highest BCUT2D eigenvalue weighted by Gasteiger charge is 2.21. The van der Waals surface area contributed by atoms with E-state index in [1.807, 2.05) is 6.92 Å². The number of benzene rings is 2. The molecule has 0 unspecified atom stereocenters. The number of pyridine rings is 1. The minimum atomic E-state index is -0.662. The van der Waals surface area contributed by atoms with Crippen LogP contribution in [-0.2, 0) is 0 Å². The highest BCUT2D eigenvalue weighted by atomic mass is 35.5. The van der Waals surface area contributed by atoms with Crippen molar-refractivity contribution in [1.82, 2.24) is 4.98 Å². The molecule has 0 atom stereocenters. The lowest BCUT2D eigenvalue weighted by Crippen LogP contribution is -2.19. The second-order valence-corrected chi connectivity index (χ2v) is 5.45. The highest BCUT2D eigenvalue weighted by Crippen LogP contribution is 2.31. The fourth-order valence-corrected chi connectivity index (χ4v) is 2.74. The molecule has 1 heterocycles. The Balaban J connectivity index is 2.32. The number of halogens is 1. The number of aryl methyl sites for hydroxylation is 1. The van der Waals surface area contributed by atoms with Crippen molar-refractivity contribution in [3.8, 4) is 5.75 Å². The lowest BCUT2D eigenvalue weighted by Gasteiger charge is -2.09. The zero-order valence-electron chi connectivity index (χ0n) is 11.7. The number of aromatic nitrogens is 1. The van der Waals surface area contributed by atoms with Gasteiger partial charge in [0, 0.05) is 10.9 Å². The van der Waals surface area contributed by atoms with Crippen molar-refractivity contribution in [2.45, 2.75) is 6.92 Å². The number of rotatable bonds is 2. The Bertz CT molecular complexity index is 946. The van der Waals surface area contributed by atoms with Crippen molar-refractivity contribution >= 4 is 28.3 Å². The number of hydrogen-bond donors (Lipinski definition) is 2. The third kappa shape index (κ3) is 2.27. The SMILES string of the molecule is Cc1cc(Cl)c2[nH]c(=O)c(C(=O)c3ccccc3)c(O)c2c1. The Morgan fingerprint density at radius 2 is 1.86 bits per heavy atom. The Morgan fingerprint density at radius 1 is 1.18 bits per heavy atom. The number of aromatic hydroxyl groups is 1. The molecule has 5 heteroatoms. The molecule has 2 aromatic carbocycles. The Kier molecular flexibility index (Phi) is 3.47. The molecule has 0 saturated carbocycles. The minimum absolute atomic E-state index is 0.277. The number of ketones is 1. The molecule has 0 fully saturated rings. The van der Waals surface area contributed by atoms with E-state index in [1.165, 1.54) is 0 Å². The summed E-state index contributed by atoms with van der Waals surface area (Å²) in [6, 6.07) is 11.7. The van der Waals surface area contributed by atoms with Crippen molar-refractivity contribution in [1.29, 1.82) is 0 Å². The van der Waals surface area contributed by atoms with Crippen LogP contribution in [0, 0.1) is 6.92 Å². The lowest BCUT2D eigenvalue weighted by atomic mass is 10.0. The molecule has 22 heavy (non-hydrogen) atoms. The molecular weight excluding hydrogens is 302 g/mol. The van der Waals surface area contributed by atoms with Crippen molar-refractivity contribution < 1.29 is 9.90 Å². The number of hydrogen-bond acceptors (Lipinski definition) is 3. The predicted molar refractivity (Wildman–Crippen MR) is 85.9 cm³/mol. The maximum absolute atomic E-state index is 12.5. The largest absolute Gasteiger partial charge is 0.506 e. The smallest absolute Gasteiger partial charge is 0.263 e. The number of nitrogens with one attached hydrogen (secondary N) is 1. The molecule has 0 spiro atoms. The zero-order valence-corrected chi connectivity index (χ0v) is 12.4. The molecule has 3 aromatic rings. The minimum Gasteiger partial charge on any atom is -0.506 e. The van der Waals surface area contributed by atoms with Gasteiger partial charge >= 0.3 is 0 Å². The second kappa shape index (κ2) is 5.31. The molecule has 0 aliphatic heterocycles. The van der Waals surface area contributed by atoms with Crippen LogP contribution in [0.25, 0.3) is 10.9 Å². The van der Waals surface area contributed by atoms with Crippen LogP contribution < -0.4 is 5.56 Å². The van der Waals surface area contributed by atoms with Crippen molar-refractivity contribution in [2.24, 2.45) is 0 Å². The van der Waals surface area contributed by atoms with Crippen molar-refractivity contribution in [2.75, 3.05) is 0 Å². The van der Waals surface area contributed by atoms with E-state index >= 15 is 0 Å². The van der Waals surface area contributed by atoms with E-state index in [4.69, 9.17) is 11.6 Å². The number of fused-ring (bicyclic) bond motifs is 1. The summed E-state index contributed by atoms with van der Waals surface area (Å²) in [4.78, 5) is 27.3. The molecule has 110 valence electrons. The Labute approximate surface area is 131 Å². The Morgan fingerprint density at radius 3 is 2.55 bits per heavy atom. The van der Waals surface area contributed by atoms with Gasteiger partial charge in [0.05, 0.1) is 10.5 Å². The van der Waals surface area contributed by atoms with Gasteiger partial charge in [0.25, 0.3) is 5.56 Å². The lowest BCUT2D eigenvalue weighted by molar-refractivity contribution is 0.103. The van der Waals surface area contributed by atoms with Gasteiger partial charge in [-0.25, -0.2) is 0 Å². The van der Waals surface area contributed by atoms with Crippen molar-refractivity contribution in [3.05, 3.63) is 74.5 Å². The molecule has 0 aliphatic carbocycles. The first-order chi connectivity index (χ1) is 10.5. The van der Waals surface area contributed by atoms with E-state index in [9.17, 15) is 14.7 Å². The average Bonchev–Trinajstić information content (AvgIpc) is 2.49. The van der Waals surface area contributed by atoms with Gasteiger partial charge in [0.1, 0.15) is 11.3 Å². The van der Waals surface area contributed by atoms with E-state index in [2.05, 4.69) is 4.98 Å². The van der Waals surface area contributed by atoms with Crippen molar-refractivity contribution in [3.63, 3.8) is 0 Å². The molecule has 2 N–H and O–H groups in total. The third-order valence-electron chi connectivity index (χ3n) is 3.46. The summed E-state index contributed by atoms with van der Waals surface area (Å²) in [6.45, 7) is 1.81. The molecule has 0 bridgehead atoms. The van der Waals surface area contributed by atoms with E-state index in [0.717, 1.165) is 5.56 Å². The quantitative estimate of drug-likeness (QED) is 0.712. The second-order valence-electron chi connectivity index (χ2n) is 5.04. The van der Waals surface area contributed by atoms with Crippen LogP contribution in [0.2, 0.25) is 5.02 Å². The summed E-state index contributed by atoms with van der Waals surface area (Å²) in [5.74, 6) is -0.878. The molecule has 0 aliphatic rings. The molecular formula is C17H12ClNO3. The maximum Gasteiger partial charge on any atom is 0.263 e. The van der Waals surface area contributed by atoms with Gasteiger partial charge in [-0.15, -0.1) is 0 Å². The number of H-pyrrole nitrogens is 1. The molecule has 1 aromatic heterocycles. The monoisotopic (exact) mass is 313 g/mol. The summed E-state index contributed by atoms with van der Waals surface area (Å²) in [6.07, 6.45) is 0. The Hall–Kier alpha value is -2.59. The summed E-state index contributed by atoms with van der Waals surface area (Å²) < 4.78 is 0. The van der Waals surface area contributed by atoms with E-state index in [0.29, 0.717) is 21.5 Å². The third-order valence-corrected chi connectivity index (χ3v) is 3.75. The van der Waals surface area contributed by atoms with Gasteiger partial charge in [-0.1, -0.05) is 41.9 Å². The number of aromatic amines is 1.